The van der Waals surface area contributed by atoms with Crippen LogP contribution < -0.4 is 10.0 Å². The van der Waals surface area contributed by atoms with Crippen molar-refractivity contribution >= 4 is 27.8 Å². The average molecular weight is 488 g/mol. The van der Waals surface area contributed by atoms with Gasteiger partial charge in [0.05, 0.1) is 4.90 Å². The molecule has 1 unspecified atom stereocenters. The number of aliphatic carboxylic acids is 1. The van der Waals surface area contributed by atoms with Crippen LogP contribution >= 0.6 is 0 Å². The van der Waals surface area contributed by atoms with Crippen molar-refractivity contribution in [1.82, 2.24) is 14.9 Å². The number of aryl methyl sites for hydroxylation is 1. The summed E-state index contributed by atoms with van der Waals surface area (Å²) in [4.78, 5) is 37.8. The van der Waals surface area contributed by atoms with Gasteiger partial charge in [0.15, 0.2) is 0 Å². The molecule has 9 nitrogen and oxygen atoms in total. The molecular formula is C24H29N3O6S. The van der Waals surface area contributed by atoms with E-state index in [9.17, 15) is 22.8 Å². The fraction of sp³-hybridized carbons (Fsp3) is 0.375. The van der Waals surface area contributed by atoms with E-state index in [0.717, 1.165) is 11.1 Å². The predicted octanol–water partition coefficient (Wildman–Crippen LogP) is 1.32. The molecule has 0 saturated carbocycles. The minimum Gasteiger partial charge on any atom is -0.480 e. The number of likely N-dealkylation sites (tertiary alicyclic amines) is 1. The molecule has 0 aliphatic carbocycles. The zero-order chi connectivity index (χ0) is 24.7. The molecule has 2 aromatic rings. The van der Waals surface area contributed by atoms with Gasteiger partial charge in [0.1, 0.15) is 12.6 Å². The number of nitrogens with zero attached hydrogens (tertiary/aromatic N) is 1. The lowest BCUT2D eigenvalue weighted by Gasteiger charge is -2.34. The molecule has 0 bridgehead atoms. The number of carbonyl (C=O) groups excluding carboxylic acids is 2. The van der Waals surface area contributed by atoms with Gasteiger partial charge in [-0.2, -0.15) is 4.72 Å². The maximum Gasteiger partial charge on any atom is 0.322 e. The third kappa shape index (κ3) is 6.88. The number of nitrogens with one attached hydrogen (secondary N) is 2. The molecule has 2 aromatic carbocycles. The number of benzene rings is 2. The molecule has 1 heterocycles. The highest BCUT2D eigenvalue weighted by Gasteiger charge is 2.33. The van der Waals surface area contributed by atoms with Crippen LogP contribution in [0.15, 0.2) is 59.5 Å². The van der Waals surface area contributed by atoms with Gasteiger partial charge in [0.2, 0.25) is 21.8 Å². The van der Waals surface area contributed by atoms with E-state index in [1.54, 1.807) is 17.0 Å². The molecular weight excluding hydrogens is 458 g/mol. The fourth-order valence-electron chi connectivity index (χ4n) is 3.89. The fourth-order valence-corrected chi connectivity index (χ4v) is 5.08. The van der Waals surface area contributed by atoms with Gasteiger partial charge >= 0.3 is 5.97 Å². The SMILES string of the molecule is Cc1ccc(S(=O)(=O)NC(Cc2ccccc2)C(=O)N2CCC(C(=O)NCC(=O)O)CC2)cc1. The zero-order valence-corrected chi connectivity index (χ0v) is 19.8. The van der Waals surface area contributed by atoms with E-state index in [1.165, 1.54) is 12.1 Å². The Morgan fingerprint density at radius 1 is 1.03 bits per heavy atom. The molecule has 182 valence electrons. The monoisotopic (exact) mass is 487 g/mol. The van der Waals surface area contributed by atoms with Crippen molar-refractivity contribution in [2.45, 2.75) is 37.1 Å². The van der Waals surface area contributed by atoms with Gasteiger partial charge in [-0.3, -0.25) is 14.4 Å². The first-order valence-corrected chi connectivity index (χ1v) is 12.6. The topological polar surface area (TPSA) is 133 Å². The Labute approximate surface area is 199 Å². The molecule has 0 radical (unpaired) electrons. The second-order valence-electron chi connectivity index (χ2n) is 8.39. The third-order valence-corrected chi connectivity index (χ3v) is 7.29. The van der Waals surface area contributed by atoms with Crippen LogP contribution in [0.25, 0.3) is 0 Å². The van der Waals surface area contributed by atoms with E-state index in [0.29, 0.717) is 12.8 Å². The van der Waals surface area contributed by atoms with Crippen molar-refractivity contribution in [2.75, 3.05) is 19.6 Å². The number of carbonyl (C=O) groups is 3. The number of hydrogen-bond acceptors (Lipinski definition) is 5. The molecule has 1 aliphatic heterocycles. The molecule has 3 N–H and O–H groups in total. The maximum atomic E-state index is 13.4. The van der Waals surface area contributed by atoms with Crippen LogP contribution in [0.1, 0.15) is 24.0 Å². The molecule has 1 saturated heterocycles. The summed E-state index contributed by atoms with van der Waals surface area (Å²) >= 11 is 0. The first kappa shape index (κ1) is 25.4. The second kappa shape index (κ2) is 11.3. The molecule has 0 spiro atoms. The highest BCUT2D eigenvalue weighted by atomic mass is 32.2. The first-order valence-electron chi connectivity index (χ1n) is 11.1. The first-order chi connectivity index (χ1) is 16.2. The minimum absolute atomic E-state index is 0.0813. The molecule has 1 atom stereocenters. The summed E-state index contributed by atoms with van der Waals surface area (Å²) in [6.07, 6.45) is 0.934. The summed E-state index contributed by atoms with van der Waals surface area (Å²) in [5, 5.41) is 11.1. The Bertz CT molecular complexity index is 1110. The number of piperidine rings is 1. The summed E-state index contributed by atoms with van der Waals surface area (Å²) in [7, 11) is -3.94. The van der Waals surface area contributed by atoms with E-state index in [-0.39, 0.29) is 42.1 Å². The minimum atomic E-state index is -3.94. The van der Waals surface area contributed by atoms with Crippen LogP contribution in [0.2, 0.25) is 0 Å². The Hall–Kier alpha value is -3.24. The number of carboxylic acid groups (broad SMARTS) is 1. The molecule has 1 aliphatic rings. The quantitative estimate of drug-likeness (QED) is 0.489. The lowest BCUT2D eigenvalue weighted by Crippen LogP contribution is -2.52. The zero-order valence-electron chi connectivity index (χ0n) is 18.9. The lowest BCUT2D eigenvalue weighted by atomic mass is 9.95. The van der Waals surface area contributed by atoms with Gasteiger partial charge in [-0.05, 0) is 43.9 Å². The maximum absolute atomic E-state index is 13.4. The van der Waals surface area contributed by atoms with E-state index in [2.05, 4.69) is 10.0 Å². The van der Waals surface area contributed by atoms with Gasteiger partial charge in [-0.15, -0.1) is 0 Å². The molecule has 10 heteroatoms. The van der Waals surface area contributed by atoms with Gasteiger partial charge < -0.3 is 15.3 Å². The second-order valence-corrected chi connectivity index (χ2v) is 10.1. The van der Waals surface area contributed by atoms with Gasteiger partial charge in [0, 0.05) is 19.0 Å². The summed E-state index contributed by atoms with van der Waals surface area (Å²) in [5.41, 5.74) is 1.74. The largest absolute Gasteiger partial charge is 0.480 e. The van der Waals surface area contributed by atoms with Crippen LogP contribution in [0.3, 0.4) is 0 Å². The van der Waals surface area contributed by atoms with Gasteiger partial charge in [-0.25, -0.2) is 8.42 Å². The van der Waals surface area contributed by atoms with Crippen molar-refractivity contribution in [2.24, 2.45) is 5.92 Å². The van der Waals surface area contributed by atoms with E-state index >= 15 is 0 Å². The average Bonchev–Trinajstić information content (AvgIpc) is 2.82. The molecule has 34 heavy (non-hydrogen) atoms. The van der Waals surface area contributed by atoms with Crippen molar-refractivity contribution < 1.29 is 27.9 Å². The van der Waals surface area contributed by atoms with Crippen molar-refractivity contribution in [3.63, 3.8) is 0 Å². The summed E-state index contributed by atoms with van der Waals surface area (Å²) in [6.45, 7) is 1.97. The van der Waals surface area contributed by atoms with Crippen LogP contribution in [-0.2, 0) is 30.8 Å². The highest BCUT2D eigenvalue weighted by molar-refractivity contribution is 7.89. The standard InChI is InChI=1S/C24H29N3O6S/c1-17-7-9-20(10-8-17)34(32,33)26-21(15-18-5-3-2-4-6-18)24(31)27-13-11-19(12-14-27)23(30)25-16-22(28)29/h2-10,19,21,26H,11-16H2,1H3,(H,25,30)(H,28,29). The van der Waals surface area contributed by atoms with Crippen LogP contribution in [0.5, 0.6) is 0 Å². The number of rotatable bonds is 9. The number of sulfonamides is 1. The normalized spacial score (nSPS) is 15.5. The van der Waals surface area contributed by atoms with Crippen molar-refractivity contribution in [3.05, 3.63) is 65.7 Å². The molecule has 2 amide bonds. The molecule has 3 rings (SSSR count). The van der Waals surface area contributed by atoms with Crippen molar-refractivity contribution in [3.8, 4) is 0 Å². The summed E-state index contributed by atoms with van der Waals surface area (Å²) in [6, 6.07) is 14.6. The van der Waals surface area contributed by atoms with Gasteiger partial charge in [0.25, 0.3) is 0 Å². The van der Waals surface area contributed by atoms with Crippen LogP contribution in [0, 0.1) is 12.8 Å². The Morgan fingerprint density at radius 3 is 2.24 bits per heavy atom. The summed E-state index contributed by atoms with van der Waals surface area (Å²) in [5.74, 6) is -2.22. The van der Waals surface area contributed by atoms with E-state index in [1.807, 2.05) is 37.3 Å². The third-order valence-electron chi connectivity index (χ3n) is 5.80. The highest BCUT2D eigenvalue weighted by Crippen LogP contribution is 2.20. The smallest absolute Gasteiger partial charge is 0.322 e. The summed E-state index contributed by atoms with van der Waals surface area (Å²) < 4.78 is 28.6. The Morgan fingerprint density at radius 2 is 1.65 bits per heavy atom. The predicted molar refractivity (Wildman–Crippen MR) is 125 cm³/mol. The molecule has 1 fully saturated rings. The van der Waals surface area contributed by atoms with Gasteiger partial charge in [-0.1, -0.05) is 48.0 Å². The molecule has 0 aromatic heterocycles. The Kier molecular flexibility index (Phi) is 8.41. The number of carboxylic acids is 1. The van der Waals surface area contributed by atoms with Crippen molar-refractivity contribution in [1.29, 1.82) is 0 Å². The number of amides is 2. The lowest BCUT2D eigenvalue weighted by molar-refractivity contribution is -0.139. The van der Waals surface area contributed by atoms with E-state index < -0.39 is 28.6 Å². The van der Waals surface area contributed by atoms with E-state index in [4.69, 9.17) is 5.11 Å². The van der Waals surface area contributed by atoms with Crippen LogP contribution in [-0.4, -0.2) is 61.9 Å². The number of hydrogen-bond donors (Lipinski definition) is 3. The van der Waals surface area contributed by atoms with Crippen LogP contribution in [0.4, 0.5) is 0 Å². The Balaban J connectivity index is 1.72.